The van der Waals surface area contributed by atoms with Crippen molar-refractivity contribution in [3.8, 4) is 0 Å². The Kier molecular flexibility index (Phi) is 6.05. The predicted molar refractivity (Wildman–Crippen MR) is 77.1 cm³/mol. The van der Waals surface area contributed by atoms with Gasteiger partial charge in [0, 0.05) is 25.0 Å². The molecule has 1 saturated heterocycles. The molecule has 102 valence electrons. The SMILES string of the molecule is CC1CCN(c2nccc(C(C)C)n2)C1.CNC. The fraction of sp³-hybridized carbons (Fsp3) is 0.714. The fourth-order valence-electron chi connectivity index (χ4n) is 1.95. The summed E-state index contributed by atoms with van der Waals surface area (Å²) in [6.07, 6.45) is 3.13. The number of hydrogen-bond acceptors (Lipinski definition) is 4. The third-order valence-corrected chi connectivity index (χ3v) is 2.96. The second-order valence-corrected chi connectivity index (χ2v) is 5.28. The summed E-state index contributed by atoms with van der Waals surface area (Å²) in [5.41, 5.74) is 1.14. The Morgan fingerprint density at radius 1 is 1.39 bits per heavy atom. The van der Waals surface area contributed by atoms with Crippen LogP contribution in [0.4, 0.5) is 5.95 Å². The molecule has 1 unspecified atom stereocenters. The van der Waals surface area contributed by atoms with Crippen LogP contribution in [-0.2, 0) is 0 Å². The summed E-state index contributed by atoms with van der Waals surface area (Å²) in [5.74, 6) is 2.16. The summed E-state index contributed by atoms with van der Waals surface area (Å²) in [7, 11) is 3.75. The maximum absolute atomic E-state index is 4.60. The first kappa shape index (κ1) is 14.9. The van der Waals surface area contributed by atoms with Crippen LogP contribution < -0.4 is 10.2 Å². The van der Waals surface area contributed by atoms with Gasteiger partial charge in [-0.25, -0.2) is 9.97 Å². The van der Waals surface area contributed by atoms with Crippen LogP contribution in [0, 0.1) is 5.92 Å². The molecule has 4 heteroatoms. The molecular weight excluding hydrogens is 224 g/mol. The van der Waals surface area contributed by atoms with E-state index in [9.17, 15) is 0 Å². The summed E-state index contributed by atoms with van der Waals surface area (Å²) in [5, 5.41) is 2.75. The summed E-state index contributed by atoms with van der Waals surface area (Å²) in [4.78, 5) is 11.2. The molecule has 0 saturated carbocycles. The molecule has 1 N–H and O–H groups in total. The number of rotatable bonds is 2. The summed E-state index contributed by atoms with van der Waals surface area (Å²) >= 11 is 0. The molecule has 2 heterocycles. The van der Waals surface area contributed by atoms with Crippen LogP contribution in [-0.4, -0.2) is 37.2 Å². The van der Waals surface area contributed by atoms with Crippen LogP contribution in [0.25, 0.3) is 0 Å². The van der Waals surface area contributed by atoms with Crippen molar-refractivity contribution in [1.29, 1.82) is 0 Å². The quantitative estimate of drug-likeness (QED) is 0.874. The summed E-state index contributed by atoms with van der Waals surface area (Å²) in [6, 6.07) is 2.01. The van der Waals surface area contributed by atoms with E-state index in [4.69, 9.17) is 0 Å². The highest BCUT2D eigenvalue weighted by Crippen LogP contribution is 2.21. The van der Waals surface area contributed by atoms with Gasteiger partial charge in [-0.2, -0.15) is 0 Å². The molecule has 1 fully saturated rings. The Bertz CT molecular complexity index is 351. The van der Waals surface area contributed by atoms with E-state index in [0.29, 0.717) is 5.92 Å². The maximum Gasteiger partial charge on any atom is 0.225 e. The molecule has 1 aliphatic heterocycles. The highest BCUT2D eigenvalue weighted by Gasteiger charge is 2.21. The predicted octanol–water partition coefficient (Wildman–Crippen LogP) is 2.28. The molecule has 18 heavy (non-hydrogen) atoms. The van der Waals surface area contributed by atoms with Crippen LogP contribution in [0.3, 0.4) is 0 Å². The van der Waals surface area contributed by atoms with Crippen molar-refractivity contribution in [3.05, 3.63) is 18.0 Å². The molecule has 1 aliphatic rings. The summed E-state index contributed by atoms with van der Waals surface area (Å²) in [6.45, 7) is 8.81. The average molecular weight is 250 g/mol. The van der Waals surface area contributed by atoms with Crippen LogP contribution in [0.1, 0.15) is 38.8 Å². The Hall–Kier alpha value is -1.16. The van der Waals surface area contributed by atoms with Gasteiger partial charge in [-0.3, -0.25) is 0 Å². The van der Waals surface area contributed by atoms with E-state index in [0.717, 1.165) is 30.6 Å². The number of hydrogen-bond donors (Lipinski definition) is 1. The van der Waals surface area contributed by atoms with Crippen LogP contribution in [0.2, 0.25) is 0 Å². The standard InChI is InChI=1S/C12H19N3.C2H7N/c1-9(2)11-4-6-13-12(14-11)15-7-5-10(3)8-15;1-3-2/h4,6,9-10H,5,7-8H2,1-3H3;3H,1-2H3. The van der Waals surface area contributed by atoms with Crippen molar-refractivity contribution in [3.63, 3.8) is 0 Å². The van der Waals surface area contributed by atoms with E-state index in [1.54, 1.807) is 0 Å². The molecule has 0 aliphatic carbocycles. The van der Waals surface area contributed by atoms with Crippen molar-refractivity contribution in [2.24, 2.45) is 5.92 Å². The Morgan fingerprint density at radius 2 is 2.06 bits per heavy atom. The molecule has 1 atom stereocenters. The molecule has 4 nitrogen and oxygen atoms in total. The molecule has 0 spiro atoms. The van der Waals surface area contributed by atoms with Gasteiger partial charge in [-0.15, -0.1) is 0 Å². The van der Waals surface area contributed by atoms with E-state index in [-0.39, 0.29) is 0 Å². The van der Waals surface area contributed by atoms with E-state index in [1.807, 2.05) is 26.4 Å². The minimum absolute atomic E-state index is 0.478. The van der Waals surface area contributed by atoms with E-state index < -0.39 is 0 Å². The monoisotopic (exact) mass is 250 g/mol. The van der Waals surface area contributed by atoms with Gasteiger partial charge in [-0.05, 0) is 38.4 Å². The normalized spacial score (nSPS) is 18.8. The second-order valence-electron chi connectivity index (χ2n) is 5.28. The fourth-order valence-corrected chi connectivity index (χ4v) is 1.95. The van der Waals surface area contributed by atoms with E-state index in [1.165, 1.54) is 6.42 Å². The van der Waals surface area contributed by atoms with Gasteiger partial charge < -0.3 is 10.2 Å². The molecule has 0 aromatic carbocycles. The van der Waals surface area contributed by atoms with Gasteiger partial charge in [0.1, 0.15) is 0 Å². The van der Waals surface area contributed by atoms with Crippen molar-refractivity contribution in [1.82, 2.24) is 15.3 Å². The van der Waals surface area contributed by atoms with Crippen molar-refractivity contribution >= 4 is 5.95 Å². The highest BCUT2D eigenvalue weighted by atomic mass is 15.3. The van der Waals surface area contributed by atoms with Gasteiger partial charge >= 0.3 is 0 Å². The number of nitrogens with zero attached hydrogens (tertiary/aromatic N) is 3. The Balaban J connectivity index is 0.000000492. The summed E-state index contributed by atoms with van der Waals surface area (Å²) < 4.78 is 0. The van der Waals surface area contributed by atoms with E-state index >= 15 is 0 Å². The van der Waals surface area contributed by atoms with Gasteiger partial charge in [0.05, 0.1) is 0 Å². The topological polar surface area (TPSA) is 41.1 Å². The zero-order chi connectivity index (χ0) is 13.5. The average Bonchev–Trinajstić information content (AvgIpc) is 2.77. The second kappa shape index (κ2) is 7.31. The number of aromatic nitrogens is 2. The number of anilines is 1. The first-order valence-corrected chi connectivity index (χ1v) is 6.74. The molecule has 0 radical (unpaired) electrons. The van der Waals surface area contributed by atoms with Crippen molar-refractivity contribution < 1.29 is 0 Å². The maximum atomic E-state index is 4.60. The molecular formula is C14H26N4. The molecule has 0 amide bonds. The lowest BCUT2D eigenvalue weighted by Gasteiger charge is -2.16. The lowest BCUT2D eigenvalue weighted by Crippen LogP contribution is -2.22. The minimum Gasteiger partial charge on any atom is -0.341 e. The molecule has 0 bridgehead atoms. The molecule has 2 rings (SSSR count). The first-order valence-electron chi connectivity index (χ1n) is 6.74. The van der Waals surface area contributed by atoms with Gasteiger partial charge in [0.15, 0.2) is 0 Å². The van der Waals surface area contributed by atoms with Crippen LogP contribution in [0.15, 0.2) is 12.3 Å². The third-order valence-electron chi connectivity index (χ3n) is 2.96. The van der Waals surface area contributed by atoms with Crippen molar-refractivity contribution in [2.45, 2.75) is 33.1 Å². The van der Waals surface area contributed by atoms with Gasteiger partial charge in [0.2, 0.25) is 5.95 Å². The first-order chi connectivity index (χ1) is 8.58. The van der Waals surface area contributed by atoms with Crippen molar-refractivity contribution in [2.75, 3.05) is 32.1 Å². The lowest BCUT2D eigenvalue weighted by atomic mass is 10.1. The third kappa shape index (κ3) is 4.26. The Morgan fingerprint density at radius 3 is 2.56 bits per heavy atom. The van der Waals surface area contributed by atoms with E-state index in [2.05, 4.69) is 41.0 Å². The zero-order valence-electron chi connectivity index (χ0n) is 12.3. The Labute approximate surface area is 111 Å². The molecule has 1 aromatic rings. The van der Waals surface area contributed by atoms with Crippen LogP contribution >= 0.6 is 0 Å². The molecule has 1 aromatic heterocycles. The highest BCUT2D eigenvalue weighted by molar-refractivity contribution is 5.32. The van der Waals surface area contributed by atoms with Gasteiger partial charge in [-0.1, -0.05) is 20.8 Å². The largest absolute Gasteiger partial charge is 0.341 e. The zero-order valence-corrected chi connectivity index (χ0v) is 12.3. The van der Waals surface area contributed by atoms with Crippen LogP contribution in [0.5, 0.6) is 0 Å². The smallest absolute Gasteiger partial charge is 0.225 e. The number of nitrogens with one attached hydrogen (secondary N) is 1. The van der Waals surface area contributed by atoms with Gasteiger partial charge in [0.25, 0.3) is 0 Å². The minimum atomic E-state index is 0.478. The lowest BCUT2D eigenvalue weighted by molar-refractivity contribution is 0.657.